The fraction of sp³-hybridized carbons (Fsp3) is 0.333. The zero-order valence-electron chi connectivity index (χ0n) is 12.5. The van der Waals surface area contributed by atoms with Gasteiger partial charge in [0.1, 0.15) is 0 Å². The van der Waals surface area contributed by atoms with E-state index >= 15 is 0 Å². The maximum atomic E-state index is 12.0. The summed E-state index contributed by atoms with van der Waals surface area (Å²) in [5.74, 6) is -0.502. The van der Waals surface area contributed by atoms with Crippen molar-refractivity contribution >= 4 is 18.3 Å². The van der Waals surface area contributed by atoms with Gasteiger partial charge in [0.15, 0.2) is 11.4 Å². The smallest absolute Gasteiger partial charge is 0.275 e. The molecule has 7 heteroatoms. The Labute approximate surface area is 135 Å². The quantitative estimate of drug-likeness (QED) is 0.678. The molecule has 2 aromatic rings. The fourth-order valence-electron chi connectivity index (χ4n) is 1.89. The van der Waals surface area contributed by atoms with Crippen molar-refractivity contribution in [2.75, 3.05) is 19.6 Å². The Balaban J connectivity index is 0.00000242. The number of nitrogens with zero attached hydrogens (tertiary/aromatic N) is 2. The summed E-state index contributed by atoms with van der Waals surface area (Å²) < 4.78 is 1.49. The summed E-state index contributed by atoms with van der Waals surface area (Å²) in [5.41, 5.74) is 0.825. The average Bonchev–Trinajstić information content (AvgIpc) is 2.90. The number of benzene rings is 1. The first-order valence-electron chi connectivity index (χ1n) is 7.05. The number of carbonyl (C=O) groups excluding carboxylic acids is 1. The van der Waals surface area contributed by atoms with Crippen molar-refractivity contribution in [3.63, 3.8) is 0 Å². The van der Waals surface area contributed by atoms with Crippen molar-refractivity contribution in [3.8, 4) is 11.4 Å². The molecule has 1 amide bonds. The number of amides is 1. The minimum absolute atomic E-state index is 0. The lowest BCUT2D eigenvalue weighted by Crippen LogP contribution is -2.32. The normalized spacial score (nSPS) is 10.0. The first kappa shape index (κ1) is 18.0. The number of para-hydroxylation sites is 1. The molecule has 0 atom stereocenters. The van der Waals surface area contributed by atoms with Gasteiger partial charge in [-0.25, -0.2) is 4.68 Å². The standard InChI is InChI=1S/C15H20N4O2.ClH/c1-2-8-16-9-10-17-15(21)14-13(20)11-19(18-14)12-6-4-3-5-7-12;/h3-7,11,16,20H,2,8-10H2,1H3,(H,17,21);1H. The third-order valence-corrected chi connectivity index (χ3v) is 2.94. The van der Waals surface area contributed by atoms with Crippen molar-refractivity contribution in [2.24, 2.45) is 0 Å². The molecule has 0 unspecified atom stereocenters. The van der Waals surface area contributed by atoms with E-state index in [1.54, 1.807) is 0 Å². The van der Waals surface area contributed by atoms with Gasteiger partial charge in [0.05, 0.1) is 11.9 Å². The molecule has 1 aromatic carbocycles. The van der Waals surface area contributed by atoms with Crippen LogP contribution in [0.2, 0.25) is 0 Å². The molecule has 0 saturated carbocycles. The van der Waals surface area contributed by atoms with Gasteiger partial charge in [0.25, 0.3) is 5.91 Å². The molecule has 0 aliphatic rings. The van der Waals surface area contributed by atoms with Gasteiger partial charge < -0.3 is 15.7 Å². The van der Waals surface area contributed by atoms with Gasteiger partial charge in [-0.1, -0.05) is 25.1 Å². The molecule has 0 radical (unpaired) electrons. The number of halogens is 1. The first-order chi connectivity index (χ1) is 10.2. The molecular formula is C15H21ClN4O2. The molecule has 22 heavy (non-hydrogen) atoms. The van der Waals surface area contributed by atoms with Gasteiger partial charge in [-0.15, -0.1) is 12.4 Å². The van der Waals surface area contributed by atoms with Crippen molar-refractivity contribution in [2.45, 2.75) is 13.3 Å². The van der Waals surface area contributed by atoms with E-state index in [-0.39, 0.29) is 29.8 Å². The monoisotopic (exact) mass is 324 g/mol. The van der Waals surface area contributed by atoms with Crippen LogP contribution in [0.25, 0.3) is 5.69 Å². The highest BCUT2D eigenvalue weighted by atomic mass is 35.5. The van der Waals surface area contributed by atoms with Crippen molar-refractivity contribution in [3.05, 3.63) is 42.2 Å². The topological polar surface area (TPSA) is 79.2 Å². The largest absolute Gasteiger partial charge is 0.504 e. The second-order valence-corrected chi connectivity index (χ2v) is 4.65. The van der Waals surface area contributed by atoms with Crippen molar-refractivity contribution in [1.82, 2.24) is 20.4 Å². The molecule has 6 nitrogen and oxygen atoms in total. The first-order valence-corrected chi connectivity index (χ1v) is 7.05. The highest BCUT2D eigenvalue weighted by Gasteiger charge is 2.16. The van der Waals surface area contributed by atoms with Crippen LogP contribution in [0.1, 0.15) is 23.8 Å². The van der Waals surface area contributed by atoms with E-state index in [0.29, 0.717) is 13.1 Å². The van der Waals surface area contributed by atoms with E-state index in [4.69, 9.17) is 0 Å². The zero-order chi connectivity index (χ0) is 15.1. The zero-order valence-corrected chi connectivity index (χ0v) is 13.3. The Morgan fingerprint density at radius 3 is 2.64 bits per heavy atom. The predicted octanol–water partition coefficient (Wildman–Crippen LogP) is 1.73. The van der Waals surface area contributed by atoms with Crippen molar-refractivity contribution in [1.29, 1.82) is 0 Å². The minimum atomic E-state index is -0.375. The third-order valence-electron chi connectivity index (χ3n) is 2.94. The van der Waals surface area contributed by atoms with E-state index in [9.17, 15) is 9.90 Å². The minimum Gasteiger partial charge on any atom is -0.504 e. The van der Waals surface area contributed by atoms with Gasteiger partial charge in [0, 0.05) is 13.1 Å². The Morgan fingerprint density at radius 1 is 1.23 bits per heavy atom. The summed E-state index contributed by atoms with van der Waals surface area (Å²) in [7, 11) is 0. The Morgan fingerprint density at radius 2 is 1.95 bits per heavy atom. The molecule has 3 N–H and O–H groups in total. The lowest BCUT2D eigenvalue weighted by Gasteiger charge is -2.04. The molecule has 0 aliphatic carbocycles. The Bertz CT molecular complexity index is 586. The van der Waals surface area contributed by atoms with Gasteiger partial charge >= 0.3 is 0 Å². The number of hydrogen-bond donors (Lipinski definition) is 3. The third kappa shape index (κ3) is 4.75. The molecule has 2 rings (SSSR count). The van der Waals surface area contributed by atoms with Crippen LogP contribution in [0.4, 0.5) is 0 Å². The summed E-state index contributed by atoms with van der Waals surface area (Å²) in [6.07, 6.45) is 2.48. The van der Waals surface area contributed by atoms with E-state index in [1.807, 2.05) is 30.3 Å². The van der Waals surface area contributed by atoms with Crippen LogP contribution in [0.3, 0.4) is 0 Å². The van der Waals surface area contributed by atoms with Gasteiger partial charge in [-0.05, 0) is 25.1 Å². The molecule has 0 fully saturated rings. The van der Waals surface area contributed by atoms with E-state index in [2.05, 4.69) is 22.7 Å². The van der Waals surface area contributed by atoms with Crippen LogP contribution in [0.5, 0.6) is 5.75 Å². The van der Waals surface area contributed by atoms with Crippen LogP contribution >= 0.6 is 12.4 Å². The highest BCUT2D eigenvalue weighted by molar-refractivity contribution is 5.94. The van der Waals surface area contributed by atoms with Crippen LogP contribution in [-0.4, -0.2) is 40.4 Å². The SMILES string of the molecule is CCCNCCNC(=O)c1nn(-c2ccccc2)cc1O.Cl. The molecule has 1 heterocycles. The maximum absolute atomic E-state index is 12.0. The summed E-state index contributed by atoms with van der Waals surface area (Å²) in [5, 5.41) is 19.9. The molecular weight excluding hydrogens is 304 g/mol. The van der Waals surface area contributed by atoms with Crippen LogP contribution in [0.15, 0.2) is 36.5 Å². The fourth-order valence-corrected chi connectivity index (χ4v) is 1.89. The molecule has 0 spiro atoms. The van der Waals surface area contributed by atoms with Gasteiger partial charge in [-0.2, -0.15) is 5.10 Å². The summed E-state index contributed by atoms with van der Waals surface area (Å²) >= 11 is 0. The maximum Gasteiger partial charge on any atom is 0.275 e. The number of hydrogen-bond acceptors (Lipinski definition) is 4. The second-order valence-electron chi connectivity index (χ2n) is 4.65. The Hall–Kier alpha value is -2.05. The van der Waals surface area contributed by atoms with E-state index in [1.165, 1.54) is 10.9 Å². The number of aromatic hydroxyl groups is 1. The molecule has 120 valence electrons. The van der Waals surface area contributed by atoms with Gasteiger partial charge in [-0.3, -0.25) is 4.79 Å². The van der Waals surface area contributed by atoms with Gasteiger partial charge in [0.2, 0.25) is 0 Å². The number of rotatable bonds is 7. The van der Waals surface area contributed by atoms with Crippen LogP contribution in [0, 0.1) is 0 Å². The average molecular weight is 325 g/mol. The number of nitrogens with one attached hydrogen (secondary N) is 2. The highest BCUT2D eigenvalue weighted by Crippen LogP contribution is 2.17. The number of aromatic nitrogens is 2. The Kier molecular flexibility index (Phi) is 7.42. The lowest BCUT2D eigenvalue weighted by atomic mass is 10.3. The second kappa shape index (κ2) is 9.07. The van der Waals surface area contributed by atoms with Crippen molar-refractivity contribution < 1.29 is 9.90 Å². The summed E-state index contributed by atoms with van der Waals surface area (Å²) in [4.78, 5) is 12.0. The molecule has 0 aliphatic heterocycles. The van der Waals surface area contributed by atoms with Crippen LogP contribution in [-0.2, 0) is 0 Å². The van der Waals surface area contributed by atoms with Crippen LogP contribution < -0.4 is 10.6 Å². The van der Waals surface area contributed by atoms with E-state index < -0.39 is 0 Å². The summed E-state index contributed by atoms with van der Waals surface area (Å²) in [6.45, 7) is 4.19. The molecule has 1 aromatic heterocycles. The number of carbonyl (C=O) groups is 1. The van der Waals surface area contributed by atoms with E-state index in [0.717, 1.165) is 18.7 Å². The molecule has 0 bridgehead atoms. The lowest BCUT2D eigenvalue weighted by molar-refractivity contribution is 0.0946. The summed E-state index contributed by atoms with van der Waals surface area (Å²) in [6, 6.07) is 9.33. The predicted molar refractivity (Wildman–Crippen MR) is 88.0 cm³/mol. The molecule has 0 saturated heterocycles.